The van der Waals surface area contributed by atoms with Crippen molar-refractivity contribution in [2.75, 3.05) is 0 Å². The lowest BCUT2D eigenvalue weighted by molar-refractivity contribution is 0.183. The summed E-state index contributed by atoms with van der Waals surface area (Å²) in [7, 11) is 0. The highest BCUT2D eigenvalue weighted by atomic mass is 16.5. The van der Waals surface area contributed by atoms with Gasteiger partial charge in [0.15, 0.2) is 11.9 Å². The van der Waals surface area contributed by atoms with Crippen LogP contribution < -0.4 is 10.5 Å². The summed E-state index contributed by atoms with van der Waals surface area (Å²) < 4.78 is 11.1. The summed E-state index contributed by atoms with van der Waals surface area (Å²) in [5, 5.41) is 3.95. The van der Waals surface area contributed by atoms with E-state index in [0.29, 0.717) is 11.7 Å². The molecular weight excluding hydrogens is 242 g/mol. The minimum absolute atomic E-state index is 0.161. The van der Waals surface area contributed by atoms with E-state index in [0.717, 1.165) is 25.0 Å². The van der Waals surface area contributed by atoms with Crippen LogP contribution in [0.4, 0.5) is 0 Å². The molecule has 2 aromatic rings. The topological polar surface area (TPSA) is 74.2 Å². The first-order chi connectivity index (χ1) is 9.28. The van der Waals surface area contributed by atoms with Gasteiger partial charge in [-0.15, -0.1) is 0 Å². The van der Waals surface area contributed by atoms with Crippen LogP contribution >= 0.6 is 0 Å². The third kappa shape index (κ3) is 2.33. The summed E-state index contributed by atoms with van der Waals surface area (Å²) in [6.07, 6.45) is 2.43. The summed E-state index contributed by atoms with van der Waals surface area (Å²) in [5.74, 6) is 1.97. The fourth-order valence-electron chi connectivity index (χ4n) is 2.29. The molecule has 1 aromatic carbocycles. The van der Waals surface area contributed by atoms with Crippen LogP contribution in [-0.2, 0) is 6.42 Å². The molecule has 1 aliphatic heterocycles. The third-order valence-corrected chi connectivity index (χ3v) is 3.31. The molecule has 0 amide bonds. The van der Waals surface area contributed by atoms with E-state index >= 15 is 0 Å². The molecule has 2 heterocycles. The lowest BCUT2D eigenvalue weighted by Crippen LogP contribution is -2.12. The second kappa shape index (κ2) is 5.01. The van der Waals surface area contributed by atoms with Crippen LogP contribution in [0, 0.1) is 0 Å². The van der Waals surface area contributed by atoms with Gasteiger partial charge in [0.25, 0.3) is 5.89 Å². The first-order valence-electron chi connectivity index (χ1n) is 6.61. The van der Waals surface area contributed by atoms with Crippen molar-refractivity contribution in [1.82, 2.24) is 10.1 Å². The van der Waals surface area contributed by atoms with Crippen LogP contribution in [0.15, 0.2) is 28.8 Å². The molecule has 0 bridgehead atoms. The van der Waals surface area contributed by atoms with Gasteiger partial charge in [0.2, 0.25) is 0 Å². The van der Waals surface area contributed by atoms with Gasteiger partial charge in [-0.2, -0.15) is 4.98 Å². The molecule has 5 heteroatoms. The largest absolute Gasteiger partial charge is 0.480 e. The van der Waals surface area contributed by atoms with Gasteiger partial charge >= 0.3 is 0 Å². The molecule has 2 unspecified atom stereocenters. The van der Waals surface area contributed by atoms with Crippen molar-refractivity contribution in [1.29, 1.82) is 0 Å². The number of rotatable bonds is 4. The molecule has 19 heavy (non-hydrogen) atoms. The smallest absolute Gasteiger partial charge is 0.268 e. The Balaban J connectivity index is 1.75. The quantitative estimate of drug-likeness (QED) is 0.913. The van der Waals surface area contributed by atoms with E-state index in [4.69, 9.17) is 15.0 Å². The van der Waals surface area contributed by atoms with Crippen LogP contribution in [0.2, 0.25) is 0 Å². The molecule has 0 aliphatic carbocycles. The van der Waals surface area contributed by atoms with Gasteiger partial charge in [-0.05, 0) is 18.1 Å². The molecule has 0 saturated heterocycles. The SMILES string of the molecule is CCCC(N)c1noc(C2Cc3ccccc3O2)n1. The zero-order valence-electron chi connectivity index (χ0n) is 10.9. The van der Waals surface area contributed by atoms with E-state index in [9.17, 15) is 0 Å². The van der Waals surface area contributed by atoms with Crippen LogP contribution in [0.3, 0.4) is 0 Å². The predicted octanol–water partition coefficient (Wildman–Crippen LogP) is 2.55. The van der Waals surface area contributed by atoms with Gasteiger partial charge in [-0.25, -0.2) is 0 Å². The Morgan fingerprint density at radius 3 is 3.05 bits per heavy atom. The first kappa shape index (κ1) is 12.2. The predicted molar refractivity (Wildman–Crippen MR) is 69.6 cm³/mol. The number of nitrogens with two attached hydrogens (primary N) is 1. The van der Waals surface area contributed by atoms with Gasteiger partial charge in [0, 0.05) is 6.42 Å². The maximum Gasteiger partial charge on any atom is 0.268 e. The number of hydrogen-bond donors (Lipinski definition) is 1. The van der Waals surface area contributed by atoms with E-state index in [2.05, 4.69) is 23.1 Å². The Bertz CT molecular complexity index is 542. The zero-order valence-corrected chi connectivity index (χ0v) is 10.9. The Labute approximate surface area is 111 Å². The van der Waals surface area contributed by atoms with Crippen molar-refractivity contribution in [2.24, 2.45) is 5.73 Å². The number of fused-ring (bicyclic) bond motifs is 1. The summed E-state index contributed by atoms with van der Waals surface area (Å²) in [5.41, 5.74) is 7.15. The monoisotopic (exact) mass is 259 g/mol. The second-order valence-electron chi connectivity index (χ2n) is 4.80. The van der Waals surface area contributed by atoms with E-state index in [1.165, 1.54) is 5.56 Å². The molecule has 0 saturated carbocycles. The van der Waals surface area contributed by atoms with Crippen molar-refractivity contribution in [3.05, 3.63) is 41.5 Å². The average molecular weight is 259 g/mol. The fraction of sp³-hybridized carbons (Fsp3) is 0.429. The highest BCUT2D eigenvalue weighted by Crippen LogP contribution is 2.35. The Morgan fingerprint density at radius 1 is 1.42 bits per heavy atom. The Morgan fingerprint density at radius 2 is 2.26 bits per heavy atom. The lowest BCUT2D eigenvalue weighted by atomic mass is 10.1. The maximum atomic E-state index is 5.98. The number of para-hydroxylation sites is 1. The van der Waals surface area contributed by atoms with Crippen molar-refractivity contribution in [2.45, 2.75) is 38.3 Å². The molecular formula is C14H17N3O2. The summed E-state index contributed by atoms with van der Waals surface area (Å²) in [4.78, 5) is 4.37. The summed E-state index contributed by atoms with van der Waals surface area (Å²) >= 11 is 0. The molecule has 0 radical (unpaired) electrons. The third-order valence-electron chi connectivity index (χ3n) is 3.31. The molecule has 0 spiro atoms. The number of nitrogens with zero attached hydrogens (tertiary/aromatic N) is 2. The van der Waals surface area contributed by atoms with Crippen molar-refractivity contribution in [3.63, 3.8) is 0 Å². The van der Waals surface area contributed by atoms with Crippen molar-refractivity contribution >= 4 is 0 Å². The Hall–Kier alpha value is -1.88. The molecule has 5 nitrogen and oxygen atoms in total. The number of aromatic nitrogens is 2. The average Bonchev–Trinajstić information content (AvgIpc) is 3.05. The zero-order chi connectivity index (χ0) is 13.2. The number of hydrogen-bond acceptors (Lipinski definition) is 5. The summed E-state index contributed by atoms with van der Waals surface area (Å²) in [6.45, 7) is 2.08. The van der Waals surface area contributed by atoms with Crippen molar-refractivity contribution in [3.8, 4) is 5.75 Å². The normalized spacial score (nSPS) is 18.9. The molecule has 3 rings (SSSR count). The minimum atomic E-state index is -0.188. The molecule has 100 valence electrons. The van der Waals surface area contributed by atoms with Crippen molar-refractivity contribution < 1.29 is 9.26 Å². The van der Waals surface area contributed by atoms with Crippen LogP contribution in [0.1, 0.15) is 49.2 Å². The summed E-state index contributed by atoms with van der Waals surface area (Å²) in [6, 6.07) is 7.80. The van der Waals surface area contributed by atoms with Crippen LogP contribution in [0.5, 0.6) is 5.75 Å². The van der Waals surface area contributed by atoms with Gasteiger partial charge in [-0.3, -0.25) is 0 Å². The second-order valence-corrected chi connectivity index (χ2v) is 4.80. The Kier molecular flexibility index (Phi) is 3.21. The highest BCUT2D eigenvalue weighted by Gasteiger charge is 2.29. The minimum Gasteiger partial charge on any atom is -0.480 e. The molecule has 2 N–H and O–H groups in total. The molecule has 1 aromatic heterocycles. The lowest BCUT2D eigenvalue weighted by Gasteiger charge is -2.05. The number of benzene rings is 1. The highest BCUT2D eigenvalue weighted by molar-refractivity contribution is 5.37. The van der Waals surface area contributed by atoms with E-state index < -0.39 is 0 Å². The van der Waals surface area contributed by atoms with Gasteiger partial charge < -0.3 is 15.0 Å². The van der Waals surface area contributed by atoms with Gasteiger partial charge in [0.05, 0.1) is 6.04 Å². The van der Waals surface area contributed by atoms with Crippen LogP contribution in [0.25, 0.3) is 0 Å². The van der Waals surface area contributed by atoms with Crippen LogP contribution in [-0.4, -0.2) is 10.1 Å². The molecule has 1 aliphatic rings. The van der Waals surface area contributed by atoms with E-state index in [-0.39, 0.29) is 12.1 Å². The van der Waals surface area contributed by atoms with E-state index in [1.807, 2.05) is 18.2 Å². The fourth-order valence-corrected chi connectivity index (χ4v) is 2.29. The van der Waals surface area contributed by atoms with Gasteiger partial charge in [0.1, 0.15) is 5.75 Å². The maximum absolute atomic E-state index is 5.98. The van der Waals surface area contributed by atoms with E-state index in [1.54, 1.807) is 0 Å². The standard InChI is InChI=1S/C14H17N3O2/c1-2-5-10(15)13-16-14(19-17-13)12-8-9-6-3-4-7-11(9)18-12/h3-4,6-7,10,12H,2,5,8,15H2,1H3. The molecule has 0 fully saturated rings. The number of ether oxygens (including phenoxy) is 1. The van der Waals surface area contributed by atoms with Gasteiger partial charge in [-0.1, -0.05) is 36.7 Å². The molecule has 2 atom stereocenters. The first-order valence-corrected chi connectivity index (χ1v) is 6.61.